The van der Waals surface area contributed by atoms with Crippen molar-refractivity contribution in [1.82, 2.24) is 9.55 Å². The molecule has 0 unspecified atom stereocenters. The monoisotopic (exact) mass is 394 g/mol. The molecule has 2 aromatic heterocycles. The summed E-state index contributed by atoms with van der Waals surface area (Å²) in [6, 6.07) is 16.1. The van der Waals surface area contributed by atoms with Crippen LogP contribution in [0.3, 0.4) is 0 Å². The predicted molar refractivity (Wildman–Crippen MR) is 107 cm³/mol. The van der Waals surface area contributed by atoms with E-state index in [1.165, 1.54) is 13.1 Å². The van der Waals surface area contributed by atoms with Gasteiger partial charge in [-0.3, -0.25) is 4.79 Å². The molecule has 1 N–H and O–H groups in total. The minimum atomic E-state index is -1.26. The number of aromatic nitrogens is 2. The summed E-state index contributed by atoms with van der Waals surface area (Å²) in [5.74, 6) is -1.18. The lowest BCUT2D eigenvalue weighted by atomic mass is 10.1. The van der Waals surface area contributed by atoms with Gasteiger partial charge in [-0.25, -0.2) is 9.78 Å². The maximum atomic E-state index is 12.5. The third-order valence-electron chi connectivity index (χ3n) is 4.53. The van der Waals surface area contributed by atoms with Crippen LogP contribution < -0.4 is 10.3 Å². The molecule has 0 atom stereocenters. The summed E-state index contributed by atoms with van der Waals surface area (Å²) in [7, 11) is 1.40. The number of ether oxygens (including phenoxy) is 1. The van der Waals surface area contributed by atoms with Gasteiger partial charge in [0.05, 0.1) is 16.6 Å². The first-order valence-electron chi connectivity index (χ1n) is 8.48. The van der Waals surface area contributed by atoms with Crippen LogP contribution in [0.15, 0.2) is 59.4 Å². The van der Waals surface area contributed by atoms with Crippen molar-refractivity contribution in [2.24, 2.45) is 7.05 Å². The van der Waals surface area contributed by atoms with E-state index in [-0.39, 0.29) is 18.1 Å². The van der Waals surface area contributed by atoms with Crippen LogP contribution in [-0.4, -0.2) is 20.6 Å². The van der Waals surface area contributed by atoms with Gasteiger partial charge in [-0.1, -0.05) is 35.9 Å². The van der Waals surface area contributed by atoms with E-state index in [1.807, 2.05) is 36.4 Å². The number of nitrogens with zero attached hydrogens (tertiary/aromatic N) is 2. The number of rotatable bonds is 4. The van der Waals surface area contributed by atoms with E-state index in [0.29, 0.717) is 21.5 Å². The highest BCUT2D eigenvalue weighted by Gasteiger charge is 2.22. The minimum Gasteiger partial charge on any atom is -0.484 e. The molecule has 0 radical (unpaired) electrons. The first-order chi connectivity index (χ1) is 13.5. The second-order valence-corrected chi connectivity index (χ2v) is 6.76. The highest BCUT2D eigenvalue weighted by Crippen LogP contribution is 2.30. The molecule has 0 saturated heterocycles. The number of para-hydroxylation sites is 1. The van der Waals surface area contributed by atoms with Crippen LogP contribution in [0.1, 0.15) is 16.2 Å². The number of hydrogen-bond donors (Lipinski definition) is 1. The number of fused-ring (bicyclic) bond motifs is 2. The molecule has 0 spiro atoms. The highest BCUT2D eigenvalue weighted by molar-refractivity contribution is 6.31. The standard InChI is InChI=1S/C21H15ClN2O4/c1-24-18(21(26)27)19(16-10-13(22)7-9-15(16)20(24)25)28-11-14-8-6-12-4-2-3-5-17(12)23-14/h2-10H,11H2,1H3,(H,26,27). The summed E-state index contributed by atoms with van der Waals surface area (Å²) < 4.78 is 6.95. The number of carboxylic acid groups (broad SMARTS) is 1. The zero-order valence-electron chi connectivity index (χ0n) is 14.8. The Morgan fingerprint density at radius 2 is 1.93 bits per heavy atom. The maximum absolute atomic E-state index is 12.5. The molecule has 6 nitrogen and oxygen atoms in total. The molecule has 0 amide bonds. The molecule has 0 fully saturated rings. The molecule has 7 heteroatoms. The lowest BCUT2D eigenvalue weighted by molar-refractivity contribution is 0.0679. The van der Waals surface area contributed by atoms with Gasteiger partial charge in [0.15, 0.2) is 11.4 Å². The number of benzene rings is 2. The van der Waals surface area contributed by atoms with Gasteiger partial charge in [-0.2, -0.15) is 0 Å². The fourth-order valence-corrected chi connectivity index (χ4v) is 3.35. The number of halogens is 1. The van der Waals surface area contributed by atoms with Crippen molar-refractivity contribution in [3.63, 3.8) is 0 Å². The number of hydrogen-bond acceptors (Lipinski definition) is 4. The quantitative estimate of drug-likeness (QED) is 0.565. The van der Waals surface area contributed by atoms with Crippen molar-refractivity contribution in [3.05, 3.63) is 81.4 Å². The number of carboxylic acids is 1. The largest absolute Gasteiger partial charge is 0.484 e. The van der Waals surface area contributed by atoms with Crippen molar-refractivity contribution in [3.8, 4) is 5.75 Å². The lowest BCUT2D eigenvalue weighted by Gasteiger charge is -2.15. The summed E-state index contributed by atoms with van der Waals surface area (Å²) in [5.41, 5.74) is 0.787. The molecular weight excluding hydrogens is 380 g/mol. The Kier molecular flexibility index (Phi) is 4.49. The van der Waals surface area contributed by atoms with E-state index in [9.17, 15) is 14.7 Å². The van der Waals surface area contributed by atoms with Crippen LogP contribution in [0.25, 0.3) is 21.7 Å². The van der Waals surface area contributed by atoms with E-state index >= 15 is 0 Å². The van der Waals surface area contributed by atoms with Gasteiger partial charge in [0.25, 0.3) is 5.56 Å². The van der Waals surface area contributed by atoms with Crippen molar-refractivity contribution in [2.75, 3.05) is 0 Å². The number of pyridine rings is 2. The van der Waals surface area contributed by atoms with Gasteiger partial charge >= 0.3 is 5.97 Å². The smallest absolute Gasteiger partial charge is 0.356 e. The van der Waals surface area contributed by atoms with E-state index in [0.717, 1.165) is 15.5 Å². The van der Waals surface area contributed by atoms with E-state index in [4.69, 9.17) is 16.3 Å². The SMILES string of the molecule is Cn1c(C(=O)O)c(OCc2ccc3ccccc3n2)c2cc(Cl)ccc2c1=O. The molecule has 0 aliphatic carbocycles. The fraction of sp³-hybridized carbons (Fsp3) is 0.0952. The van der Waals surface area contributed by atoms with Gasteiger partial charge < -0.3 is 14.4 Å². The molecule has 2 heterocycles. The summed E-state index contributed by atoms with van der Waals surface area (Å²) in [4.78, 5) is 28.9. The van der Waals surface area contributed by atoms with Gasteiger partial charge in [0, 0.05) is 22.8 Å². The molecule has 0 bridgehead atoms. The van der Waals surface area contributed by atoms with Gasteiger partial charge in [-0.05, 0) is 30.3 Å². The van der Waals surface area contributed by atoms with E-state index < -0.39 is 11.5 Å². The Labute approximate surface area is 164 Å². The molecule has 140 valence electrons. The molecular formula is C21H15ClN2O4. The summed E-state index contributed by atoms with van der Waals surface area (Å²) in [6.07, 6.45) is 0. The molecule has 2 aromatic carbocycles. The fourth-order valence-electron chi connectivity index (χ4n) is 3.17. The summed E-state index contributed by atoms with van der Waals surface area (Å²) in [6.45, 7) is 0.0466. The van der Waals surface area contributed by atoms with Crippen LogP contribution in [-0.2, 0) is 13.7 Å². The Morgan fingerprint density at radius 1 is 1.14 bits per heavy atom. The number of carbonyl (C=O) groups is 1. The van der Waals surface area contributed by atoms with Crippen molar-refractivity contribution in [2.45, 2.75) is 6.61 Å². The molecule has 0 saturated carbocycles. The van der Waals surface area contributed by atoms with Crippen molar-refractivity contribution < 1.29 is 14.6 Å². The Morgan fingerprint density at radius 3 is 2.71 bits per heavy atom. The molecule has 4 aromatic rings. The van der Waals surface area contributed by atoms with E-state index in [1.54, 1.807) is 12.1 Å². The minimum absolute atomic E-state index is 0.0466. The van der Waals surface area contributed by atoms with Crippen LogP contribution in [0.4, 0.5) is 0 Å². The zero-order chi connectivity index (χ0) is 19.8. The van der Waals surface area contributed by atoms with Gasteiger partial charge in [-0.15, -0.1) is 0 Å². The van der Waals surface area contributed by atoms with Crippen LogP contribution in [0.5, 0.6) is 5.75 Å². The average Bonchev–Trinajstić information content (AvgIpc) is 2.69. The van der Waals surface area contributed by atoms with Crippen LogP contribution in [0.2, 0.25) is 5.02 Å². The first-order valence-corrected chi connectivity index (χ1v) is 8.86. The van der Waals surface area contributed by atoms with Gasteiger partial charge in [0.1, 0.15) is 6.61 Å². The van der Waals surface area contributed by atoms with Crippen molar-refractivity contribution >= 4 is 39.2 Å². The topological polar surface area (TPSA) is 81.4 Å². The molecule has 28 heavy (non-hydrogen) atoms. The second kappa shape index (κ2) is 6.98. The normalized spacial score (nSPS) is 11.1. The second-order valence-electron chi connectivity index (χ2n) is 6.32. The Balaban J connectivity index is 1.83. The maximum Gasteiger partial charge on any atom is 0.356 e. The number of aromatic carboxylic acids is 1. The first kappa shape index (κ1) is 18.0. The van der Waals surface area contributed by atoms with Gasteiger partial charge in [0.2, 0.25) is 0 Å². The molecule has 0 aliphatic heterocycles. The van der Waals surface area contributed by atoms with E-state index in [2.05, 4.69) is 4.98 Å². The summed E-state index contributed by atoms with van der Waals surface area (Å²) in [5, 5.41) is 11.7. The Hall–Kier alpha value is -3.38. The predicted octanol–water partition coefficient (Wildman–Crippen LogP) is 4.02. The lowest BCUT2D eigenvalue weighted by Crippen LogP contribution is -2.24. The van der Waals surface area contributed by atoms with Crippen molar-refractivity contribution in [1.29, 1.82) is 0 Å². The molecule has 0 aliphatic rings. The third kappa shape index (κ3) is 3.08. The third-order valence-corrected chi connectivity index (χ3v) is 4.77. The summed E-state index contributed by atoms with van der Waals surface area (Å²) >= 11 is 6.07. The highest BCUT2D eigenvalue weighted by atomic mass is 35.5. The average molecular weight is 395 g/mol. The van der Waals surface area contributed by atoms with Crippen LogP contribution in [0, 0.1) is 0 Å². The Bertz CT molecular complexity index is 1300. The van der Waals surface area contributed by atoms with Crippen LogP contribution >= 0.6 is 11.6 Å². The zero-order valence-corrected chi connectivity index (χ0v) is 15.6. The molecule has 4 rings (SSSR count).